The Bertz CT molecular complexity index is 9770. The molecule has 0 N–H and O–H groups in total. The Morgan fingerprint density at radius 3 is 0.976 bits per heavy atom. The molecule has 0 unspecified atom stereocenters. The van der Waals surface area contributed by atoms with Gasteiger partial charge >= 0.3 is 0 Å². The second kappa shape index (κ2) is 34.7. The maximum absolute atomic E-state index is 8.96. The fraction of sp³-hybridized carbons (Fsp3) is 0.200. The van der Waals surface area contributed by atoms with Gasteiger partial charge < -0.3 is 22.8 Å². The molecule has 5 aromatic heterocycles. The molecule has 5 heteroatoms. The molecule has 5 nitrogen and oxygen atoms in total. The van der Waals surface area contributed by atoms with Crippen LogP contribution in [0.2, 0.25) is 0 Å². The zero-order valence-electron chi connectivity index (χ0n) is 114. The number of aromatic nitrogens is 5. The Labute approximate surface area is 797 Å². The van der Waals surface area contributed by atoms with Crippen LogP contribution in [-0.2, 0) is 32.6 Å². The normalized spacial score (nSPS) is 16.7. The lowest BCUT2D eigenvalue weighted by molar-refractivity contribution is 0.423. The molecule has 624 valence electrons. The number of rotatable bonds is 5. The van der Waals surface area contributed by atoms with E-state index < -0.39 is 45.3 Å². The topological polar surface area (TPSA) is 24.6 Å². The summed E-state index contributed by atoms with van der Waals surface area (Å²) in [4.78, 5) is 0. The molecule has 0 fully saturated rings. The number of fused-ring (bicyclic) bond motifs is 15. The maximum Gasteiger partial charge on any atom is 0.0648 e. The van der Waals surface area contributed by atoms with Gasteiger partial charge in [-0.05, 0) is 196 Å². The monoisotopic (exact) mass is 1670 g/mol. The summed E-state index contributed by atoms with van der Waals surface area (Å²) in [7, 11) is 0. The van der Waals surface area contributed by atoms with Crippen molar-refractivity contribution in [2.45, 2.75) is 157 Å². The van der Waals surface area contributed by atoms with Crippen molar-refractivity contribution in [1.82, 2.24) is 22.8 Å². The average molecular weight is 1670 g/mol. The minimum atomic E-state index is -0.656. The summed E-state index contributed by atoms with van der Waals surface area (Å²) in [5, 5.41) is 2.36. The van der Waals surface area contributed by atoms with E-state index in [0.29, 0.717) is 72.5 Å². The Hall–Kier alpha value is -13.5. The highest BCUT2D eigenvalue weighted by atomic mass is 15.1. The molecular formula is C120H119N5. The molecule has 0 saturated carbocycles. The summed E-state index contributed by atoms with van der Waals surface area (Å²) in [5.41, 5.74) is 6.23. The minimum absolute atomic E-state index is 0.0122. The van der Waals surface area contributed by atoms with Crippen molar-refractivity contribution < 1.29 is 56.2 Å². The Morgan fingerprint density at radius 1 is 0.200 bits per heavy atom. The van der Waals surface area contributed by atoms with Crippen LogP contribution in [0, 0.1) is 0 Å². The number of benzene rings is 16. The Morgan fingerprint density at radius 2 is 0.520 bits per heavy atom. The molecule has 0 radical (unpaired) electrons. The van der Waals surface area contributed by atoms with E-state index in [2.05, 4.69) is 20.8 Å². The molecule has 21 rings (SSSR count). The highest BCUT2D eigenvalue weighted by Crippen LogP contribution is 2.43. The lowest BCUT2D eigenvalue weighted by Gasteiger charge is -2.24. The highest BCUT2D eigenvalue weighted by Gasteiger charge is 2.27. The number of hydrogen-bond acceptors (Lipinski definition) is 0. The summed E-state index contributed by atoms with van der Waals surface area (Å²) in [6.07, 6.45) is 0. The lowest BCUT2D eigenvalue weighted by Crippen LogP contribution is -2.21. The molecule has 0 amide bonds. The number of para-hydroxylation sites is 11. The number of nitrogens with zero attached hydrogens (tertiary/aromatic N) is 5. The van der Waals surface area contributed by atoms with Crippen LogP contribution in [0.25, 0.3) is 143 Å². The van der Waals surface area contributed by atoms with E-state index in [1.54, 1.807) is 71.4 Å². The van der Waals surface area contributed by atoms with Crippen molar-refractivity contribution >= 4 is 109 Å². The first kappa shape index (κ1) is 48.5. The SMILES string of the molecule is [2H]c1c([2H])c([2H])c(-c2ccc(C(C)(C)C)cc2)c([2H])c1[2H].[2H]c1c([2H])c([2H])c2c(c1[2H])c1c(C(C)(C)C)c([2H])c([2H])c([2H])c1n2-c1ccccc1.[2H]c1c([2H])c([2H])c2c(c1[2H])c1c([2H])c(C(C)(C)C)c([2H])c([2H])c1n2-c1ccccc1.[2H]c1c([2H])c([2H])c2c(c1[2H])c1c([2H])c([2H])c(C(C)(C)C)c([2H])c1n2-c1ccccc1.[2H]c1c([2H])c([2H])c2c(c1[2H])c1c([2H])c([2H])c([2H])c(C(C)(C)C)c1n2-c1ccccc1.[2H]c1c([2H])c([2H])c2c(c1[2H])c1c([2H])c([2H])c([2H])c([2H])c1n2C(C)(C)C. The van der Waals surface area contributed by atoms with Gasteiger partial charge in [-0.3, -0.25) is 0 Å². The van der Waals surface area contributed by atoms with Gasteiger partial charge in [0, 0.05) is 93.2 Å². The molecule has 0 aliphatic carbocycles. The van der Waals surface area contributed by atoms with Gasteiger partial charge in [0.1, 0.15) is 0 Å². The van der Waals surface area contributed by atoms with Gasteiger partial charge in [0.15, 0.2) is 0 Å². The van der Waals surface area contributed by atoms with Crippen molar-refractivity contribution in [1.29, 1.82) is 0 Å². The lowest BCUT2D eigenvalue weighted by atomic mass is 9.84. The van der Waals surface area contributed by atoms with Crippen molar-refractivity contribution in [3.63, 3.8) is 0 Å². The van der Waals surface area contributed by atoms with E-state index in [1.807, 2.05) is 201 Å². The fourth-order valence-corrected chi connectivity index (χ4v) is 15.0. The van der Waals surface area contributed by atoms with Gasteiger partial charge in [-0.2, -0.15) is 0 Å². The predicted octanol–water partition coefficient (Wildman–Crippen LogP) is 33.5. The summed E-state index contributed by atoms with van der Waals surface area (Å²) in [5.74, 6) is 0. The quantitative estimate of drug-likeness (QED) is 0.164. The second-order valence-corrected chi connectivity index (χ2v) is 36.3. The van der Waals surface area contributed by atoms with Crippen LogP contribution in [0.5, 0.6) is 0 Å². The van der Waals surface area contributed by atoms with Crippen molar-refractivity contribution in [3.05, 3.63) is 421 Å². The molecule has 0 bridgehead atoms. The average Bonchev–Trinajstić information content (AvgIpc) is 1.58. The maximum atomic E-state index is 8.96. The van der Waals surface area contributed by atoms with Crippen LogP contribution < -0.4 is 0 Å². The largest absolute Gasteiger partial charge is 0.335 e. The molecule has 125 heavy (non-hydrogen) atoms. The zero-order valence-corrected chi connectivity index (χ0v) is 73.1. The molecule has 5 heterocycles. The summed E-state index contributed by atoms with van der Waals surface area (Å²) in [6, 6.07) is 33.8. The van der Waals surface area contributed by atoms with Gasteiger partial charge in [0.2, 0.25) is 0 Å². The van der Waals surface area contributed by atoms with E-state index >= 15 is 0 Å². The van der Waals surface area contributed by atoms with Gasteiger partial charge in [-0.25, -0.2) is 0 Å². The van der Waals surface area contributed by atoms with Gasteiger partial charge in [-0.15, -0.1) is 0 Å². The van der Waals surface area contributed by atoms with Crippen LogP contribution >= 0.6 is 0 Å². The van der Waals surface area contributed by atoms with E-state index in [0.717, 1.165) is 5.56 Å². The Kier molecular flexibility index (Phi) is 13.5. The van der Waals surface area contributed by atoms with Gasteiger partial charge in [0.05, 0.1) is 100 Å². The summed E-state index contributed by atoms with van der Waals surface area (Å²) >= 11 is 0. The standard InChI is InChI=1S/4C22H21N.C16H17N.C16H18/c1-22(2,3)19-14-9-13-18-17-12-7-8-15-20(17)23(21(18)19)16-10-5-4-6-11-16;1-22(2,3)18-13-9-15-20-21(18)17-12-7-8-14-19(17)23(20)16-10-5-4-6-11-16;1-22(2,3)16-13-14-21-19(15-16)18-11-7-8-12-20(18)23(21)17-9-5-4-6-10-17;1-22(2,3)16-13-14-19-18-11-7-8-12-20(18)23(21(19)15-16)17-9-5-4-6-10-17;1-16(2,3)17-14-10-6-4-8-12(14)13-9-5-7-11-15(13)17;1-16(2,3)15-11-9-14(10-12-15)13-7-5-4-6-8-13/h4*4-15H,1-3H3;4-11H,1-3H3;4-12H,1-3H3/i2*7D,8D,9D,12D,13D,14D,15D;2*7D,8D,11D,12D,13D,14D,15D;4D,5D,6D,7D,8D,9D,10D,11D;4D,5D,6D,7D,8D. The van der Waals surface area contributed by atoms with Gasteiger partial charge in [0.25, 0.3) is 0 Å². The number of hydrogen-bond donors (Lipinski definition) is 0. The van der Waals surface area contributed by atoms with E-state index in [4.69, 9.17) is 56.2 Å². The fourth-order valence-electron chi connectivity index (χ4n) is 15.0. The van der Waals surface area contributed by atoms with Crippen LogP contribution in [0.4, 0.5) is 0 Å². The van der Waals surface area contributed by atoms with Crippen molar-refractivity contribution in [2.75, 3.05) is 0 Å². The third kappa shape index (κ3) is 17.5. The zero-order chi connectivity index (χ0) is 123. The van der Waals surface area contributed by atoms with Crippen LogP contribution in [-0.4, -0.2) is 22.8 Å². The first-order chi connectivity index (χ1) is 77.0. The molecule has 16 aromatic carbocycles. The van der Waals surface area contributed by atoms with Crippen LogP contribution in [0.1, 0.15) is 209 Å². The summed E-state index contributed by atoms with van der Waals surface area (Å²) < 4.78 is 350. The molecule has 0 saturated heterocycles. The van der Waals surface area contributed by atoms with Crippen LogP contribution in [0.15, 0.2) is 393 Å². The first-order valence-corrected chi connectivity index (χ1v) is 41.1. The molecule has 0 spiro atoms. The third-order valence-electron chi connectivity index (χ3n) is 21.0. The van der Waals surface area contributed by atoms with E-state index in [-0.39, 0.29) is 328 Å². The summed E-state index contributed by atoms with van der Waals surface area (Å²) in [6.45, 7) is 34.5. The van der Waals surface area contributed by atoms with Crippen LogP contribution in [0.3, 0.4) is 0 Å². The van der Waals surface area contributed by atoms with E-state index in [1.165, 1.54) is 0 Å². The second-order valence-electron chi connectivity index (χ2n) is 36.3. The smallest absolute Gasteiger partial charge is 0.0648 e. The third-order valence-corrected chi connectivity index (χ3v) is 21.0. The molecule has 0 aliphatic heterocycles. The van der Waals surface area contributed by atoms with Gasteiger partial charge in [-0.1, -0.05) is 388 Å². The molecule has 21 aromatic rings. The molecular weight excluding hydrogens is 1510 g/mol. The Balaban J connectivity index is 0.000000140. The highest BCUT2D eigenvalue weighted by molar-refractivity contribution is 6.14. The first-order valence-electron chi connectivity index (χ1n) is 61.6. The predicted molar refractivity (Wildman–Crippen MR) is 543 cm³/mol. The molecule has 0 aliphatic rings. The van der Waals surface area contributed by atoms with Crippen molar-refractivity contribution in [3.8, 4) is 33.9 Å². The molecule has 0 atom stereocenters. The van der Waals surface area contributed by atoms with Crippen molar-refractivity contribution in [2.24, 2.45) is 0 Å². The minimum Gasteiger partial charge on any atom is -0.335 e. The van der Waals surface area contributed by atoms with E-state index in [9.17, 15) is 0 Å².